The summed E-state index contributed by atoms with van der Waals surface area (Å²) in [5.74, 6) is -0.282. The zero-order valence-electron chi connectivity index (χ0n) is 7.70. The van der Waals surface area contributed by atoms with Crippen LogP contribution in [0.2, 0.25) is 0 Å². The highest BCUT2D eigenvalue weighted by Crippen LogP contribution is 2.20. The van der Waals surface area contributed by atoms with Gasteiger partial charge >= 0.3 is 0 Å². The molecular weight excluding hydrogens is 201 g/mol. The molecular formula is C10H12FNOS. The van der Waals surface area contributed by atoms with Gasteiger partial charge in [0, 0.05) is 19.5 Å². The van der Waals surface area contributed by atoms with Crippen molar-refractivity contribution in [2.75, 3.05) is 13.1 Å². The molecule has 2 unspecified atom stereocenters. The Morgan fingerprint density at radius 2 is 2.07 bits per heavy atom. The Hall–Kier alpha value is -0.580. The van der Waals surface area contributed by atoms with Crippen LogP contribution in [0.25, 0.3) is 0 Å². The van der Waals surface area contributed by atoms with Crippen LogP contribution in [-0.4, -0.2) is 22.9 Å². The first kappa shape index (κ1) is 9.96. The summed E-state index contributed by atoms with van der Waals surface area (Å²) < 4.78 is 24.5. The van der Waals surface area contributed by atoms with Gasteiger partial charge in [-0.25, -0.2) is 4.39 Å². The number of rotatable bonds is 2. The van der Waals surface area contributed by atoms with E-state index in [4.69, 9.17) is 0 Å². The van der Waals surface area contributed by atoms with Gasteiger partial charge in [0.1, 0.15) is 11.1 Å². The maximum Gasteiger partial charge on any atom is 0.153 e. The maximum absolute atomic E-state index is 12.6. The molecule has 14 heavy (non-hydrogen) atoms. The molecule has 2 rings (SSSR count). The van der Waals surface area contributed by atoms with E-state index in [1.165, 1.54) is 12.1 Å². The molecule has 1 saturated heterocycles. The van der Waals surface area contributed by atoms with E-state index in [0.717, 1.165) is 24.4 Å². The number of halogens is 1. The molecule has 0 saturated carbocycles. The van der Waals surface area contributed by atoms with Gasteiger partial charge in [-0.2, -0.15) is 0 Å². The molecule has 0 aromatic heterocycles. The molecule has 1 aromatic rings. The quantitative estimate of drug-likeness (QED) is 0.751. The predicted molar refractivity (Wildman–Crippen MR) is 54.1 cm³/mol. The lowest BCUT2D eigenvalue weighted by molar-refractivity contribution is 0.581. The topological polar surface area (TPSA) is 35.1 Å². The normalized spacial score (nSPS) is 23.7. The van der Waals surface area contributed by atoms with E-state index >= 15 is 0 Å². The first-order valence-corrected chi connectivity index (χ1v) is 5.85. The van der Waals surface area contributed by atoms with Crippen LogP contribution in [0.4, 0.5) is 4.39 Å². The Morgan fingerprint density at radius 3 is 2.64 bits per heavy atom. The van der Waals surface area contributed by atoms with E-state index in [2.05, 4.69) is 5.32 Å². The fourth-order valence-electron chi connectivity index (χ4n) is 1.57. The molecule has 76 valence electrons. The SMILES string of the molecule is [O-][S+](c1ccc(F)cc1)C1CCNC1. The summed E-state index contributed by atoms with van der Waals surface area (Å²) in [6, 6.07) is 5.92. The lowest BCUT2D eigenvalue weighted by Crippen LogP contribution is -2.23. The van der Waals surface area contributed by atoms with E-state index in [-0.39, 0.29) is 11.1 Å². The first-order chi connectivity index (χ1) is 6.77. The molecule has 0 bridgehead atoms. The van der Waals surface area contributed by atoms with Crippen LogP contribution >= 0.6 is 0 Å². The molecule has 1 fully saturated rings. The number of hydrogen-bond donors (Lipinski definition) is 1. The molecule has 0 radical (unpaired) electrons. The smallest absolute Gasteiger partial charge is 0.153 e. The summed E-state index contributed by atoms with van der Waals surface area (Å²) in [6.07, 6.45) is 0.935. The summed E-state index contributed by atoms with van der Waals surface area (Å²) >= 11 is -0.996. The summed E-state index contributed by atoms with van der Waals surface area (Å²) in [5, 5.41) is 3.35. The van der Waals surface area contributed by atoms with Crippen LogP contribution in [0.15, 0.2) is 29.2 Å². The maximum atomic E-state index is 12.6. The zero-order chi connectivity index (χ0) is 9.97. The number of nitrogens with one attached hydrogen (secondary N) is 1. The highest BCUT2D eigenvalue weighted by molar-refractivity contribution is 7.92. The molecule has 1 aromatic carbocycles. The van der Waals surface area contributed by atoms with Crippen molar-refractivity contribution in [3.05, 3.63) is 30.1 Å². The Balaban J connectivity index is 2.09. The van der Waals surface area contributed by atoms with Crippen molar-refractivity contribution >= 4 is 11.2 Å². The lowest BCUT2D eigenvalue weighted by atomic mass is 10.3. The van der Waals surface area contributed by atoms with Crippen molar-refractivity contribution in [3.63, 3.8) is 0 Å². The average molecular weight is 213 g/mol. The molecule has 0 spiro atoms. The van der Waals surface area contributed by atoms with Crippen molar-refractivity contribution in [3.8, 4) is 0 Å². The lowest BCUT2D eigenvalue weighted by Gasteiger charge is -2.15. The minimum absolute atomic E-state index is 0.181. The van der Waals surface area contributed by atoms with Crippen molar-refractivity contribution in [1.29, 1.82) is 0 Å². The molecule has 1 aliphatic rings. The van der Waals surface area contributed by atoms with Crippen LogP contribution in [0.5, 0.6) is 0 Å². The molecule has 0 aliphatic carbocycles. The predicted octanol–water partition coefficient (Wildman–Crippen LogP) is 1.30. The minimum Gasteiger partial charge on any atom is -0.611 e. The van der Waals surface area contributed by atoms with Gasteiger partial charge in [0.2, 0.25) is 0 Å². The van der Waals surface area contributed by atoms with E-state index in [0.29, 0.717) is 0 Å². The Kier molecular flexibility index (Phi) is 3.05. The molecule has 4 heteroatoms. The van der Waals surface area contributed by atoms with Gasteiger partial charge < -0.3 is 9.87 Å². The van der Waals surface area contributed by atoms with Crippen LogP contribution < -0.4 is 5.32 Å². The van der Waals surface area contributed by atoms with Crippen molar-refractivity contribution in [2.45, 2.75) is 16.6 Å². The third kappa shape index (κ3) is 2.08. The molecule has 2 atom stereocenters. The molecule has 1 N–H and O–H groups in total. The Morgan fingerprint density at radius 1 is 1.36 bits per heavy atom. The fourth-order valence-corrected chi connectivity index (χ4v) is 2.96. The van der Waals surface area contributed by atoms with Gasteiger partial charge in [-0.1, -0.05) is 0 Å². The second-order valence-corrected chi connectivity index (χ2v) is 5.10. The number of benzene rings is 1. The highest BCUT2D eigenvalue weighted by atomic mass is 32.2. The Labute approximate surface area is 85.7 Å². The standard InChI is InChI=1S/C10H12FNOS/c11-8-1-3-9(4-2-8)14(13)10-5-6-12-7-10/h1-4,10,12H,5-7H2. The van der Waals surface area contributed by atoms with Gasteiger partial charge in [-0.3, -0.25) is 0 Å². The van der Waals surface area contributed by atoms with Crippen molar-refractivity contribution in [2.24, 2.45) is 0 Å². The molecule has 1 aliphatic heterocycles. The fraction of sp³-hybridized carbons (Fsp3) is 0.400. The van der Waals surface area contributed by atoms with E-state index in [1.54, 1.807) is 12.1 Å². The Bertz CT molecular complexity index is 297. The zero-order valence-corrected chi connectivity index (χ0v) is 8.52. The molecule has 2 nitrogen and oxygen atoms in total. The molecule has 1 heterocycles. The molecule has 0 amide bonds. The third-order valence-corrected chi connectivity index (χ3v) is 4.11. The van der Waals surface area contributed by atoms with E-state index < -0.39 is 11.2 Å². The third-order valence-electron chi connectivity index (χ3n) is 2.36. The van der Waals surface area contributed by atoms with Crippen LogP contribution in [0.1, 0.15) is 6.42 Å². The summed E-state index contributed by atoms with van der Waals surface area (Å²) in [5.41, 5.74) is 0. The number of hydrogen-bond acceptors (Lipinski definition) is 2. The summed E-state index contributed by atoms with van der Waals surface area (Å²) in [7, 11) is 0. The second-order valence-electron chi connectivity index (χ2n) is 3.37. The van der Waals surface area contributed by atoms with Gasteiger partial charge in [0.05, 0.1) is 0 Å². The largest absolute Gasteiger partial charge is 0.611 e. The second kappa shape index (κ2) is 4.29. The van der Waals surface area contributed by atoms with Gasteiger partial charge in [-0.15, -0.1) is 0 Å². The van der Waals surface area contributed by atoms with Crippen LogP contribution in [0.3, 0.4) is 0 Å². The van der Waals surface area contributed by atoms with E-state index in [1.807, 2.05) is 0 Å². The van der Waals surface area contributed by atoms with Crippen LogP contribution in [0, 0.1) is 5.82 Å². The first-order valence-electron chi connectivity index (χ1n) is 4.64. The van der Waals surface area contributed by atoms with Crippen molar-refractivity contribution < 1.29 is 8.94 Å². The minimum atomic E-state index is -0.996. The average Bonchev–Trinajstić information content (AvgIpc) is 2.71. The van der Waals surface area contributed by atoms with Crippen molar-refractivity contribution in [1.82, 2.24) is 5.32 Å². The summed E-state index contributed by atoms with van der Waals surface area (Å²) in [6.45, 7) is 1.72. The van der Waals surface area contributed by atoms with Gasteiger partial charge in [-0.05, 0) is 35.4 Å². The summed E-state index contributed by atoms with van der Waals surface area (Å²) in [4.78, 5) is 0.722. The highest BCUT2D eigenvalue weighted by Gasteiger charge is 2.27. The van der Waals surface area contributed by atoms with Crippen LogP contribution in [-0.2, 0) is 11.2 Å². The van der Waals surface area contributed by atoms with Gasteiger partial charge in [0.15, 0.2) is 4.90 Å². The monoisotopic (exact) mass is 213 g/mol. The van der Waals surface area contributed by atoms with E-state index in [9.17, 15) is 8.94 Å². The van der Waals surface area contributed by atoms with Gasteiger partial charge in [0.25, 0.3) is 0 Å².